The van der Waals surface area contributed by atoms with E-state index >= 15 is 0 Å². The van der Waals surface area contributed by atoms with Crippen LogP contribution in [0, 0.1) is 17.0 Å². The van der Waals surface area contributed by atoms with Gasteiger partial charge in [0.2, 0.25) is 11.8 Å². The normalized spacial score (nSPS) is 15.4. The number of nitrogens with zero attached hydrogens (tertiary/aromatic N) is 4. The third kappa shape index (κ3) is 2.90. The number of anilines is 2. The molecule has 1 aliphatic heterocycles. The quantitative estimate of drug-likeness (QED) is 0.606. The number of hydrogen-bond acceptors (Lipinski definition) is 7. The number of hydrogen-bond donors (Lipinski definition) is 2. The summed E-state index contributed by atoms with van der Waals surface area (Å²) in [4.78, 5) is 21.2. The van der Waals surface area contributed by atoms with Crippen LogP contribution in [0.4, 0.5) is 17.5 Å². The van der Waals surface area contributed by atoms with Crippen LogP contribution in [-0.2, 0) is 0 Å². The van der Waals surface area contributed by atoms with Crippen LogP contribution < -0.4 is 15.5 Å². The van der Waals surface area contributed by atoms with E-state index < -0.39 is 4.92 Å². The number of nitrogens with one attached hydrogen (secondary N) is 2. The van der Waals surface area contributed by atoms with Gasteiger partial charge in [0.15, 0.2) is 0 Å². The van der Waals surface area contributed by atoms with Gasteiger partial charge >= 0.3 is 5.69 Å². The molecular weight excluding hydrogens is 248 g/mol. The van der Waals surface area contributed by atoms with E-state index in [1.165, 1.54) is 0 Å². The molecule has 0 unspecified atom stereocenters. The van der Waals surface area contributed by atoms with Crippen molar-refractivity contribution in [2.75, 3.05) is 42.9 Å². The molecule has 1 aromatic heterocycles. The minimum absolute atomic E-state index is 0.00329. The molecule has 1 aliphatic rings. The molecule has 8 heteroatoms. The van der Waals surface area contributed by atoms with Gasteiger partial charge in [0, 0.05) is 32.7 Å². The van der Waals surface area contributed by atoms with E-state index in [0.29, 0.717) is 37.1 Å². The molecule has 0 aliphatic carbocycles. The summed E-state index contributed by atoms with van der Waals surface area (Å²) in [7, 11) is 0. The molecule has 1 saturated heterocycles. The second-order valence-electron chi connectivity index (χ2n) is 4.33. The largest absolute Gasteiger partial charge is 0.354 e. The van der Waals surface area contributed by atoms with Gasteiger partial charge < -0.3 is 15.5 Å². The predicted molar refractivity (Wildman–Crippen MR) is 72.7 cm³/mol. The molecule has 1 aromatic rings. The molecule has 0 bridgehead atoms. The summed E-state index contributed by atoms with van der Waals surface area (Å²) in [6.45, 7) is 7.29. The van der Waals surface area contributed by atoms with E-state index in [4.69, 9.17) is 0 Å². The molecule has 0 amide bonds. The minimum atomic E-state index is -0.400. The summed E-state index contributed by atoms with van der Waals surface area (Å²) in [6.07, 6.45) is 0. The Bertz CT molecular complexity index is 472. The summed E-state index contributed by atoms with van der Waals surface area (Å²) in [5, 5.41) is 17.4. The van der Waals surface area contributed by atoms with Crippen LogP contribution >= 0.6 is 0 Å². The monoisotopic (exact) mass is 266 g/mol. The lowest BCUT2D eigenvalue weighted by molar-refractivity contribution is -0.385. The molecular formula is C11H18N6O2. The lowest BCUT2D eigenvalue weighted by atomic mass is 10.3. The molecule has 0 radical (unpaired) electrons. The lowest BCUT2D eigenvalue weighted by Crippen LogP contribution is -2.44. The zero-order valence-corrected chi connectivity index (χ0v) is 11.1. The van der Waals surface area contributed by atoms with Crippen LogP contribution in [0.15, 0.2) is 0 Å². The van der Waals surface area contributed by atoms with Gasteiger partial charge in [-0.1, -0.05) is 0 Å². The first-order valence-electron chi connectivity index (χ1n) is 6.36. The molecule has 0 spiro atoms. The van der Waals surface area contributed by atoms with Crippen molar-refractivity contribution in [2.45, 2.75) is 13.8 Å². The average Bonchev–Trinajstić information content (AvgIpc) is 2.39. The minimum Gasteiger partial charge on any atom is -0.354 e. The summed E-state index contributed by atoms with van der Waals surface area (Å²) in [6, 6.07) is 0. The first-order valence-corrected chi connectivity index (χ1v) is 6.36. The van der Waals surface area contributed by atoms with Gasteiger partial charge in [-0.25, -0.2) is 4.98 Å². The first-order chi connectivity index (χ1) is 9.13. The highest BCUT2D eigenvalue weighted by molar-refractivity contribution is 5.62. The van der Waals surface area contributed by atoms with Crippen molar-refractivity contribution >= 4 is 17.5 Å². The van der Waals surface area contributed by atoms with Crippen LogP contribution in [0.5, 0.6) is 0 Å². The van der Waals surface area contributed by atoms with Crippen molar-refractivity contribution in [3.8, 4) is 0 Å². The smallest absolute Gasteiger partial charge is 0.332 e. The van der Waals surface area contributed by atoms with E-state index in [1.807, 2.05) is 11.8 Å². The van der Waals surface area contributed by atoms with E-state index in [-0.39, 0.29) is 5.69 Å². The zero-order chi connectivity index (χ0) is 13.8. The third-order valence-electron chi connectivity index (χ3n) is 2.97. The van der Waals surface area contributed by atoms with Gasteiger partial charge in [-0.05, 0) is 13.8 Å². The van der Waals surface area contributed by atoms with Gasteiger partial charge in [-0.15, -0.1) is 0 Å². The van der Waals surface area contributed by atoms with E-state index in [2.05, 4.69) is 20.6 Å². The van der Waals surface area contributed by atoms with Crippen LogP contribution in [0.3, 0.4) is 0 Å². The molecule has 19 heavy (non-hydrogen) atoms. The summed E-state index contributed by atoms with van der Waals surface area (Å²) in [5.74, 6) is 0.856. The van der Waals surface area contributed by atoms with Crippen molar-refractivity contribution in [1.82, 2.24) is 15.3 Å². The second-order valence-corrected chi connectivity index (χ2v) is 4.33. The number of piperazine rings is 1. The standard InChI is InChI=1S/C11H18N6O2/c1-3-13-11-14-8(2)9(17(18)19)10(15-11)16-6-4-12-5-7-16/h12H,3-7H2,1-2H3,(H,13,14,15). The fraction of sp³-hybridized carbons (Fsp3) is 0.636. The van der Waals surface area contributed by atoms with Crippen LogP contribution in [0.25, 0.3) is 0 Å². The lowest BCUT2D eigenvalue weighted by Gasteiger charge is -2.28. The fourth-order valence-electron chi connectivity index (χ4n) is 2.10. The molecule has 1 fully saturated rings. The maximum Gasteiger partial charge on any atom is 0.332 e. The van der Waals surface area contributed by atoms with Crippen molar-refractivity contribution in [3.05, 3.63) is 15.8 Å². The number of aryl methyl sites for hydroxylation is 1. The van der Waals surface area contributed by atoms with Gasteiger partial charge in [0.25, 0.3) is 0 Å². The molecule has 0 atom stereocenters. The molecule has 0 aromatic carbocycles. The highest BCUT2D eigenvalue weighted by atomic mass is 16.6. The Hall–Kier alpha value is -1.96. The zero-order valence-electron chi connectivity index (χ0n) is 11.1. The van der Waals surface area contributed by atoms with Gasteiger partial charge in [0.1, 0.15) is 5.69 Å². The van der Waals surface area contributed by atoms with E-state index in [1.54, 1.807) is 6.92 Å². The van der Waals surface area contributed by atoms with Crippen molar-refractivity contribution in [2.24, 2.45) is 0 Å². The van der Waals surface area contributed by atoms with E-state index in [9.17, 15) is 10.1 Å². The first kappa shape index (κ1) is 13.5. The third-order valence-corrected chi connectivity index (χ3v) is 2.97. The topological polar surface area (TPSA) is 96.2 Å². The molecule has 2 rings (SSSR count). The second kappa shape index (κ2) is 5.79. The summed E-state index contributed by atoms with van der Waals surface area (Å²) in [5.41, 5.74) is 0.396. The van der Waals surface area contributed by atoms with Gasteiger partial charge in [-0.3, -0.25) is 10.1 Å². The Morgan fingerprint density at radius 1 is 1.42 bits per heavy atom. The molecule has 2 N–H and O–H groups in total. The average molecular weight is 266 g/mol. The SMILES string of the molecule is CCNc1nc(C)c([N+](=O)[O-])c(N2CCNCC2)n1. The molecule has 2 heterocycles. The van der Waals surface area contributed by atoms with Gasteiger partial charge in [-0.2, -0.15) is 4.98 Å². The Morgan fingerprint density at radius 3 is 2.68 bits per heavy atom. The highest BCUT2D eigenvalue weighted by Crippen LogP contribution is 2.29. The Labute approximate surface area is 111 Å². The molecule has 104 valence electrons. The van der Waals surface area contributed by atoms with Crippen LogP contribution in [0.1, 0.15) is 12.6 Å². The van der Waals surface area contributed by atoms with Crippen LogP contribution in [-0.4, -0.2) is 47.6 Å². The molecule has 8 nitrogen and oxygen atoms in total. The maximum absolute atomic E-state index is 11.2. The number of aromatic nitrogens is 2. The summed E-state index contributed by atoms with van der Waals surface area (Å²) >= 11 is 0. The number of rotatable bonds is 4. The van der Waals surface area contributed by atoms with Gasteiger partial charge in [0.05, 0.1) is 4.92 Å². The Balaban J connectivity index is 2.43. The Morgan fingerprint density at radius 2 is 2.11 bits per heavy atom. The van der Waals surface area contributed by atoms with Crippen molar-refractivity contribution in [1.29, 1.82) is 0 Å². The predicted octanol–water partition coefficient (Wildman–Crippen LogP) is 0.535. The number of nitro groups is 1. The van der Waals surface area contributed by atoms with Crippen molar-refractivity contribution in [3.63, 3.8) is 0 Å². The fourth-order valence-corrected chi connectivity index (χ4v) is 2.10. The molecule has 0 saturated carbocycles. The highest BCUT2D eigenvalue weighted by Gasteiger charge is 2.27. The van der Waals surface area contributed by atoms with Crippen LogP contribution in [0.2, 0.25) is 0 Å². The van der Waals surface area contributed by atoms with Crippen molar-refractivity contribution < 1.29 is 4.92 Å². The Kier molecular flexibility index (Phi) is 4.10. The summed E-state index contributed by atoms with van der Waals surface area (Å²) < 4.78 is 0. The maximum atomic E-state index is 11.2. The van der Waals surface area contributed by atoms with E-state index in [0.717, 1.165) is 13.1 Å².